The van der Waals surface area contributed by atoms with Crippen molar-refractivity contribution in [2.75, 3.05) is 26.1 Å². The molecule has 3 rings (SSSR count). The third-order valence-electron chi connectivity index (χ3n) is 3.95. The molecule has 0 aliphatic heterocycles. The maximum Gasteiger partial charge on any atom is 0.281 e. The second kappa shape index (κ2) is 8.90. The second-order valence-electron chi connectivity index (χ2n) is 5.88. The number of aromatic nitrogens is 3. The number of ether oxygens (including phenoxy) is 3. The van der Waals surface area contributed by atoms with Crippen LogP contribution >= 0.6 is 0 Å². The van der Waals surface area contributed by atoms with Crippen molar-refractivity contribution in [1.29, 1.82) is 0 Å². The van der Waals surface area contributed by atoms with E-state index >= 15 is 0 Å². The van der Waals surface area contributed by atoms with E-state index < -0.39 is 5.91 Å². The number of carbonyl (C=O) groups excluding carboxylic acids is 1. The average Bonchev–Trinajstić information content (AvgIpc) is 3.16. The molecule has 8 nitrogen and oxygen atoms in total. The Morgan fingerprint density at radius 1 is 1.00 bits per heavy atom. The molecule has 0 bridgehead atoms. The van der Waals surface area contributed by atoms with Crippen LogP contribution in [0.15, 0.2) is 48.5 Å². The molecule has 1 N–H and O–H groups in total. The third-order valence-corrected chi connectivity index (χ3v) is 3.95. The predicted molar refractivity (Wildman–Crippen MR) is 105 cm³/mol. The average molecular weight is 382 g/mol. The maximum atomic E-state index is 12.7. The molecule has 1 amide bonds. The molecule has 0 atom stereocenters. The highest BCUT2D eigenvalue weighted by molar-refractivity contribution is 6.04. The second-order valence-corrected chi connectivity index (χ2v) is 5.88. The third kappa shape index (κ3) is 4.22. The number of benzene rings is 2. The fraction of sp³-hybridized carbons (Fsp3) is 0.250. The van der Waals surface area contributed by atoms with Gasteiger partial charge in [-0.15, -0.1) is 5.10 Å². The van der Waals surface area contributed by atoms with E-state index in [4.69, 9.17) is 14.2 Å². The van der Waals surface area contributed by atoms with Gasteiger partial charge >= 0.3 is 0 Å². The summed E-state index contributed by atoms with van der Waals surface area (Å²) in [6.45, 7) is 2.42. The van der Waals surface area contributed by atoms with Crippen molar-refractivity contribution >= 4 is 11.6 Å². The minimum atomic E-state index is -0.406. The summed E-state index contributed by atoms with van der Waals surface area (Å²) >= 11 is 0. The summed E-state index contributed by atoms with van der Waals surface area (Å²) in [5, 5.41) is 10.9. The summed E-state index contributed by atoms with van der Waals surface area (Å²) in [6.07, 6.45) is 0.785. The van der Waals surface area contributed by atoms with Gasteiger partial charge in [0.2, 0.25) is 5.69 Å². The first-order valence-corrected chi connectivity index (χ1v) is 8.84. The predicted octanol–water partition coefficient (Wildman–Crippen LogP) is 3.33. The van der Waals surface area contributed by atoms with E-state index in [2.05, 4.69) is 15.6 Å². The first kappa shape index (κ1) is 19.2. The molecular formula is C20H22N4O4. The molecule has 0 spiro atoms. The van der Waals surface area contributed by atoms with Crippen LogP contribution in [0.25, 0.3) is 5.69 Å². The van der Waals surface area contributed by atoms with Crippen molar-refractivity contribution in [2.24, 2.45) is 0 Å². The van der Waals surface area contributed by atoms with Crippen LogP contribution in [0.5, 0.6) is 17.4 Å². The minimum absolute atomic E-state index is 0.111. The Balaban J connectivity index is 1.88. The van der Waals surface area contributed by atoms with Gasteiger partial charge in [0.1, 0.15) is 11.5 Å². The Morgan fingerprint density at radius 3 is 2.18 bits per heavy atom. The summed E-state index contributed by atoms with van der Waals surface area (Å²) in [4.78, 5) is 12.7. The molecule has 1 heterocycles. The van der Waals surface area contributed by atoms with Crippen LogP contribution in [0, 0.1) is 0 Å². The number of amides is 1. The molecule has 2 aromatic carbocycles. The zero-order chi connectivity index (χ0) is 19.9. The monoisotopic (exact) mass is 382 g/mol. The van der Waals surface area contributed by atoms with Crippen LogP contribution < -0.4 is 19.5 Å². The summed E-state index contributed by atoms with van der Waals surface area (Å²) in [7, 11) is 3.18. The number of rotatable bonds is 8. The van der Waals surface area contributed by atoms with Gasteiger partial charge in [-0.05, 0) is 55.0 Å². The lowest BCUT2D eigenvalue weighted by molar-refractivity contribution is 0.101. The Morgan fingerprint density at radius 2 is 1.61 bits per heavy atom. The quantitative estimate of drug-likeness (QED) is 0.643. The van der Waals surface area contributed by atoms with Crippen LogP contribution in [0.2, 0.25) is 0 Å². The first-order valence-electron chi connectivity index (χ1n) is 8.84. The molecule has 3 aromatic rings. The molecule has 28 heavy (non-hydrogen) atoms. The molecule has 8 heteroatoms. The van der Waals surface area contributed by atoms with Gasteiger partial charge in [-0.2, -0.15) is 4.68 Å². The normalized spacial score (nSPS) is 10.4. The van der Waals surface area contributed by atoms with Gasteiger partial charge in [-0.25, -0.2) is 0 Å². The van der Waals surface area contributed by atoms with E-state index in [1.165, 1.54) is 4.68 Å². The number of carbonyl (C=O) groups is 1. The highest BCUT2D eigenvalue weighted by atomic mass is 16.5. The van der Waals surface area contributed by atoms with Crippen LogP contribution in [0.1, 0.15) is 23.8 Å². The van der Waals surface area contributed by atoms with Crippen molar-refractivity contribution in [3.8, 4) is 23.1 Å². The SMILES string of the molecule is CCCOc1c(C(=O)Nc2ccc(OC)cc2)nnn1-c1ccc(OC)cc1. The van der Waals surface area contributed by atoms with Crippen LogP contribution in [0.4, 0.5) is 5.69 Å². The summed E-state index contributed by atoms with van der Waals surface area (Å²) in [5.41, 5.74) is 1.44. The van der Waals surface area contributed by atoms with Gasteiger partial charge in [0.05, 0.1) is 26.5 Å². The van der Waals surface area contributed by atoms with E-state index in [-0.39, 0.29) is 11.6 Å². The fourth-order valence-corrected chi connectivity index (χ4v) is 2.50. The number of hydrogen-bond acceptors (Lipinski definition) is 6. The molecule has 1 aromatic heterocycles. The molecule has 0 radical (unpaired) electrons. The minimum Gasteiger partial charge on any atom is -0.497 e. The Kier molecular flexibility index (Phi) is 6.11. The van der Waals surface area contributed by atoms with Gasteiger partial charge in [0, 0.05) is 5.69 Å². The van der Waals surface area contributed by atoms with Crippen molar-refractivity contribution in [3.05, 3.63) is 54.2 Å². The van der Waals surface area contributed by atoms with Crippen molar-refractivity contribution in [2.45, 2.75) is 13.3 Å². The Hall–Kier alpha value is -3.55. The van der Waals surface area contributed by atoms with Crippen LogP contribution in [-0.2, 0) is 0 Å². The van der Waals surface area contributed by atoms with Crippen LogP contribution in [-0.4, -0.2) is 41.7 Å². The van der Waals surface area contributed by atoms with E-state index in [0.29, 0.717) is 23.7 Å². The Labute approximate surface area is 163 Å². The van der Waals surface area contributed by atoms with Crippen molar-refractivity contribution < 1.29 is 19.0 Å². The first-order chi connectivity index (χ1) is 13.7. The molecular weight excluding hydrogens is 360 g/mol. The molecule has 0 aliphatic carbocycles. The smallest absolute Gasteiger partial charge is 0.281 e. The largest absolute Gasteiger partial charge is 0.497 e. The lowest BCUT2D eigenvalue weighted by atomic mass is 10.3. The summed E-state index contributed by atoms with van der Waals surface area (Å²) in [5.74, 6) is 1.31. The van der Waals surface area contributed by atoms with Gasteiger partial charge in [0.15, 0.2) is 0 Å². The van der Waals surface area contributed by atoms with Gasteiger partial charge in [-0.1, -0.05) is 12.1 Å². The van der Waals surface area contributed by atoms with E-state index in [9.17, 15) is 4.79 Å². The van der Waals surface area contributed by atoms with Gasteiger partial charge in [0.25, 0.3) is 11.8 Å². The highest BCUT2D eigenvalue weighted by Gasteiger charge is 2.22. The molecule has 0 unspecified atom stereocenters. The van der Waals surface area contributed by atoms with E-state index in [1.807, 2.05) is 19.1 Å². The summed E-state index contributed by atoms with van der Waals surface area (Å²) in [6, 6.07) is 14.3. The molecule has 0 aliphatic rings. The lowest BCUT2D eigenvalue weighted by Gasteiger charge is -2.10. The molecule has 0 saturated carbocycles. The number of hydrogen-bond donors (Lipinski definition) is 1. The molecule has 0 fully saturated rings. The zero-order valence-corrected chi connectivity index (χ0v) is 16.0. The lowest BCUT2D eigenvalue weighted by Crippen LogP contribution is -2.15. The number of anilines is 1. The van der Waals surface area contributed by atoms with Crippen molar-refractivity contribution in [1.82, 2.24) is 15.0 Å². The number of nitrogens with one attached hydrogen (secondary N) is 1. The fourth-order valence-electron chi connectivity index (χ4n) is 2.50. The van der Waals surface area contributed by atoms with Gasteiger partial charge in [-0.3, -0.25) is 4.79 Å². The van der Waals surface area contributed by atoms with Crippen molar-refractivity contribution in [3.63, 3.8) is 0 Å². The van der Waals surface area contributed by atoms with E-state index in [1.54, 1.807) is 50.6 Å². The number of nitrogens with zero attached hydrogens (tertiary/aromatic N) is 3. The number of methoxy groups -OCH3 is 2. The van der Waals surface area contributed by atoms with Gasteiger partial charge < -0.3 is 19.5 Å². The summed E-state index contributed by atoms with van der Waals surface area (Å²) < 4.78 is 17.6. The topological polar surface area (TPSA) is 87.5 Å². The standard InChI is InChI=1S/C20H22N4O4/c1-4-13-28-20-18(19(25)21-14-5-9-16(26-2)10-6-14)22-23-24(20)15-7-11-17(27-3)12-8-15/h5-12H,4,13H2,1-3H3,(H,21,25). The highest BCUT2D eigenvalue weighted by Crippen LogP contribution is 2.24. The Bertz CT molecular complexity index is 920. The maximum absolute atomic E-state index is 12.7. The van der Waals surface area contributed by atoms with E-state index in [0.717, 1.165) is 12.2 Å². The molecule has 0 saturated heterocycles. The van der Waals surface area contributed by atoms with Crippen LogP contribution in [0.3, 0.4) is 0 Å². The molecule has 146 valence electrons. The zero-order valence-electron chi connectivity index (χ0n) is 16.0.